The van der Waals surface area contributed by atoms with Gasteiger partial charge in [0, 0.05) is 19.5 Å². The van der Waals surface area contributed by atoms with Gasteiger partial charge in [0.2, 0.25) is 0 Å². The molecule has 0 aliphatic carbocycles. The molecule has 0 aromatic heterocycles. The lowest BCUT2D eigenvalue weighted by Gasteiger charge is -2.09. The monoisotopic (exact) mass is 370 g/mol. The summed E-state index contributed by atoms with van der Waals surface area (Å²) < 4.78 is 0. The number of hydrogen-bond acceptors (Lipinski definition) is 4. The highest BCUT2D eigenvalue weighted by atomic mass is 16.4. The molecule has 0 bridgehead atoms. The molecule has 0 radical (unpaired) electrons. The molecule has 0 unspecified atom stereocenters. The van der Waals surface area contributed by atoms with Crippen LogP contribution in [0.3, 0.4) is 0 Å². The minimum absolute atomic E-state index is 0.228. The molecule has 26 heavy (non-hydrogen) atoms. The van der Waals surface area contributed by atoms with Gasteiger partial charge >= 0.3 is 5.97 Å². The number of nitrogens with zero attached hydrogens (tertiary/aromatic N) is 2. The summed E-state index contributed by atoms with van der Waals surface area (Å²) in [5.41, 5.74) is 0. The molecule has 0 spiro atoms. The molecule has 2 N–H and O–H groups in total. The van der Waals surface area contributed by atoms with Gasteiger partial charge in [-0.2, -0.15) is 0 Å². The third-order valence-electron chi connectivity index (χ3n) is 4.64. The molecule has 0 amide bonds. The van der Waals surface area contributed by atoms with Crippen LogP contribution in [-0.4, -0.2) is 53.7 Å². The molecule has 0 saturated heterocycles. The fourth-order valence-electron chi connectivity index (χ4n) is 3.01. The lowest BCUT2D eigenvalue weighted by Crippen LogP contribution is -2.22. The fourth-order valence-corrected chi connectivity index (χ4v) is 3.01. The predicted octanol–water partition coefficient (Wildman–Crippen LogP) is 4.87. The molecule has 0 atom stereocenters. The smallest absolute Gasteiger partial charge is 0.303 e. The van der Waals surface area contributed by atoms with Crippen LogP contribution in [0.4, 0.5) is 0 Å². The van der Waals surface area contributed by atoms with Crippen molar-refractivity contribution >= 4 is 12.3 Å². The van der Waals surface area contributed by atoms with Crippen LogP contribution in [0, 0.1) is 0 Å². The molecule has 5 heteroatoms. The van der Waals surface area contributed by atoms with Gasteiger partial charge in [-0.25, -0.2) is 0 Å². The number of carboxylic acid groups (broad SMARTS) is 1. The van der Waals surface area contributed by atoms with Gasteiger partial charge in [-0.15, -0.1) is 0 Å². The van der Waals surface area contributed by atoms with Crippen LogP contribution >= 0.6 is 0 Å². The van der Waals surface area contributed by atoms with E-state index in [0.29, 0.717) is 6.42 Å². The number of rotatable bonds is 16. The van der Waals surface area contributed by atoms with E-state index in [1.54, 1.807) is 6.34 Å². The van der Waals surface area contributed by atoms with E-state index in [0.717, 1.165) is 32.5 Å². The summed E-state index contributed by atoms with van der Waals surface area (Å²) in [5.74, 6) is -0.655. The zero-order valence-electron chi connectivity index (χ0n) is 17.0. The predicted molar refractivity (Wildman–Crippen MR) is 110 cm³/mol. The zero-order chi connectivity index (χ0) is 19.3. The Bertz CT molecular complexity index is 335. The fraction of sp³-hybridized carbons (Fsp3) is 0.905. The Labute approximate surface area is 160 Å². The van der Waals surface area contributed by atoms with Gasteiger partial charge < -0.3 is 15.1 Å². The van der Waals surface area contributed by atoms with Crippen molar-refractivity contribution in [3.63, 3.8) is 0 Å². The maximum absolute atomic E-state index is 10.3. The van der Waals surface area contributed by atoms with Crippen molar-refractivity contribution in [2.75, 3.05) is 26.2 Å². The van der Waals surface area contributed by atoms with Crippen molar-refractivity contribution < 1.29 is 15.0 Å². The number of hydrogen-bond donors (Lipinski definition) is 2. The minimum Gasteiger partial charge on any atom is -0.481 e. The van der Waals surface area contributed by atoms with Crippen LogP contribution in [0.2, 0.25) is 0 Å². The van der Waals surface area contributed by atoms with Crippen LogP contribution in [0.25, 0.3) is 0 Å². The maximum atomic E-state index is 10.3. The first-order valence-corrected chi connectivity index (χ1v) is 10.8. The van der Waals surface area contributed by atoms with E-state index in [-0.39, 0.29) is 6.61 Å². The molecule has 1 rings (SSSR count). The van der Waals surface area contributed by atoms with Crippen LogP contribution in [0.5, 0.6) is 0 Å². The van der Waals surface area contributed by atoms with Crippen molar-refractivity contribution in [3.8, 4) is 0 Å². The van der Waals surface area contributed by atoms with E-state index < -0.39 is 5.97 Å². The molecule has 0 fully saturated rings. The first-order chi connectivity index (χ1) is 12.7. The summed E-state index contributed by atoms with van der Waals surface area (Å²) in [6.45, 7) is 5.08. The Morgan fingerprint density at radius 1 is 0.923 bits per heavy atom. The SMILES string of the molecule is CCCCCCCCCCCCCCCC(=O)O.OCCN1C=NCC1. The summed E-state index contributed by atoms with van der Waals surface area (Å²) in [6.07, 6.45) is 19.1. The standard InChI is InChI=1S/C16H32O2.C5H10N2O/c1-2-3-4-5-6-7-8-9-10-11-12-13-14-15-16(17)18;8-4-3-7-2-1-6-5-7/h2-15H2,1H3,(H,17,18);5,8H,1-4H2. The molecule has 1 heterocycles. The molecular weight excluding hydrogens is 328 g/mol. The Morgan fingerprint density at radius 2 is 1.42 bits per heavy atom. The van der Waals surface area contributed by atoms with Crippen molar-refractivity contribution in [2.45, 2.75) is 96.8 Å². The van der Waals surface area contributed by atoms with Crippen LogP contribution in [0.15, 0.2) is 4.99 Å². The number of aliphatic imine (C=N–C) groups is 1. The summed E-state index contributed by atoms with van der Waals surface area (Å²) in [4.78, 5) is 16.3. The van der Waals surface area contributed by atoms with E-state index >= 15 is 0 Å². The second kappa shape index (κ2) is 20.2. The normalized spacial score (nSPS) is 12.9. The zero-order valence-corrected chi connectivity index (χ0v) is 17.0. The lowest BCUT2D eigenvalue weighted by molar-refractivity contribution is -0.137. The van der Waals surface area contributed by atoms with E-state index in [1.165, 1.54) is 70.6 Å². The average molecular weight is 371 g/mol. The van der Waals surface area contributed by atoms with E-state index in [4.69, 9.17) is 10.2 Å². The Morgan fingerprint density at radius 3 is 1.81 bits per heavy atom. The Hall–Kier alpha value is -1.10. The molecule has 0 aromatic carbocycles. The highest BCUT2D eigenvalue weighted by Crippen LogP contribution is 2.12. The number of unbranched alkanes of at least 4 members (excludes halogenated alkanes) is 12. The van der Waals surface area contributed by atoms with Gasteiger partial charge in [0.1, 0.15) is 0 Å². The number of carboxylic acids is 1. The largest absolute Gasteiger partial charge is 0.481 e. The summed E-state index contributed by atoms with van der Waals surface area (Å²) in [5, 5.41) is 16.9. The van der Waals surface area contributed by atoms with Crippen LogP contribution in [0.1, 0.15) is 96.8 Å². The van der Waals surface area contributed by atoms with Gasteiger partial charge in [0.15, 0.2) is 0 Å². The first kappa shape index (κ1) is 24.9. The summed E-state index contributed by atoms with van der Waals surface area (Å²) in [7, 11) is 0. The second-order valence-corrected chi connectivity index (χ2v) is 7.17. The molecule has 0 aromatic rings. The molecule has 5 nitrogen and oxygen atoms in total. The van der Waals surface area contributed by atoms with Crippen molar-refractivity contribution in [1.29, 1.82) is 0 Å². The molecule has 1 aliphatic heterocycles. The number of β-amino-alcohol motifs (C(OH)–C–C–N with tert-alkyl or cyclic N) is 1. The summed E-state index contributed by atoms with van der Waals surface area (Å²) >= 11 is 0. The summed E-state index contributed by atoms with van der Waals surface area (Å²) in [6, 6.07) is 0. The molecular formula is C21H42N2O3. The van der Waals surface area contributed by atoms with Gasteiger partial charge in [0.05, 0.1) is 19.5 Å². The van der Waals surface area contributed by atoms with Gasteiger partial charge in [-0.1, -0.05) is 84.0 Å². The van der Waals surface area contributed by atoms with Crippen molar-refractivity contribution in [2.24, 2.45) is 4.99 Å². The van der Waals surface area contributed by atoms with E-state index in [9.17, 15) is 4.79 Å². The lowest BCUT2D eigenvalue weighted by atomic mass is 10.0. The third kappa shape index (κ3) is 19.2. The topological polar surface area (TPSA) is 73.1 Å². The molecule has 1 aliphatic rings. The first-order valence-electron chi connectivity index (χ1n) is 10.8. The number of carbonyl (C=O) groups is 1. The Balaban J connectivity index is 0.000000642. The molecule has 154 valence electrons. The van der Waals surface area contributed by atoms with E-state index in [1.807, 2.05) is 4.90 Å². The number of aliphatic carboxylic acids is 1. The highest BCUT2D eigenvalue weighted by molar-refractivity contribution is 5.66. The van der Waals surface area contributed by atoms with Gasteiger partial charge in [-0.05, 0) is 6.42 Å². The van der Waals surface area contributed by atoms with Crippen molar-refractivity contribution in [1.82, 2.24) is 4.90 Å². The van der Waals surface area contributed by atoms with E-state index in [2.05, 4.69) is 11.9 Å². The second-order valence-electron chi connectivity index (χ2n) is 7.17. The number of aliphatic hydroxyl groups excluding tert-OH is 1. The van der Waals surface area contributed by atoms with Crippen molar-refractivity contribution in [3.05, 3.63) is 0 Å². The molecule has 0 saturated carbocycles. The minimum atomic E-state index is -0.655. The Kier molecular flexibility index (Phi) is 19.4. The highest BCUT2D eigenvalue weighted by Gasteiger charge is 2.01. The third-order valence-corrected chi connectivity index (χ3v) is 4.64. The quantitative estimate of drug-likeness (QED) is 0.380. The van der Waals surface area contributed by atoms with Crippen LogP contribution < -0.4 is 0 Å². The van der Waals surface area contributed by atoms with Crippen LogP contribution in [-0.2, 0) is 4.79 Å². The van der Waals surface area contributed by atoms with Gasteiger partial charge in [0.25, 0.3) is 0 Å². The number of aliphatic hydroxyl groups is 1. The van der Waals surface area contributed by atoms with Gasteiger partial charge in [-0.3, -0.25) is 9.79 Å². The maximum Gasteiger partial charge on any atom is 0.303 e. The average Bonchev–Trinajstić information content (AvgIpc) is 3.13.